The van der Waals surface area contributed by atoms with Crippen LogP contribution in [-0.4, -0.2) is 54.7 Å². The van der Waals surface area contributed by atoms with Crippen LogP contribution in [0.15, 0.2) is 0 Å². The van der Waals surface area contributed by atoms with Gasteiger partial charge in [-0.2, -0.15) is 0 Å². The molecule has 0 saturated carbocycles. The summed E-state index contributed by atoms with van der Waals surface area (Å²) in [5.74, 6) is -1.59. The Bertz CT molecular complexity index is 280. The number of alkyl carbamates (subject to hydrolysis) is 1. The van der Waals surface area contributed by atoms with Gasteiger partial charge in [0.2, 0.25) is 5.91 Å². The zero-order chi connectivity index (χ0) is 13.3. The molecular formula is C10H18N2O5. The lowest BCUT2D eigenvalue weighted by Gasteiger charge is -2.14. The predicted octanol–water partition coefficient (Wildman–Crippen LogP) is 0.0557. The van der Waals surface area contributed by atoms with Crippen molar-refractivity contribution in [1.82, 2.24) is 10.2 Å². The largest absolute Gasteiger partial charge is 0.480 e. The number of carbonyl (C=O) groups is 3. The van der Waals surface area contributed by atoms with E-state index in [0.29, 0.717) is 6.61 Å². The molecule has 0 aliphatic rings. The summed E-state index contributed by atoms with van der Waals surface area (Å²) < 4.78 is 4.76. The van der Waals surface area contributed by atoms with Gasteiger partial charge in [-0.1, -0.05) is 13.3 Å². The van der Waals surface area contributed by atoms with Gasteiger partial charge >= 0.3 is 12.1 Å². The maximum Gasteiger partial charge on any atom is 0.407 e. The number of amides is 2. The van der Waals surface area contributed by atoms with Crippen LogP contribution in [0.3, 0.4) is 0 Å². The number of aliphatic carboxylic acids is 1. The molecule has 0 aliphatic heterocycles. The molecule has 0 fully saturated rings. The van der Waals surface area contributed by atoms with Gasteiger partial charge in [0.25, 0.3) is 0 Å². The Hall–Kier alpha value is -1.79. The predicted molar refractivity (Wildman–Crippen MR) is 59.5 cm³/mol. The summed E-state index contributed by atoms with van der Waals surface area (Å²) in [5.41, 5.74) is 0. The van der Waals surface area contributed by atoms with E-state index in [2.05, 4.69) is 5.32 Å². The number of carbonyl (C=O) groups excluding carboxylic acids is 2. The monoisotopic (exact) mass is 246 g/mol. The Morgan fingerprint density at radius 3 is 2.53 bits per heavy atom. The summed E-state index contributed by atoms with van der Waals surface area (Å²) in [5, 5.41) is 10.7. The smallest absolute Gasteiger partial charge is 0.407 e. The van der Waals surface area contributed by atoms with Crippen LogP contribution in [0.25, 0.3) is 0 Å². The van der Waals surface area contributed by atoms with E-state index in [1.807, 2.05) is 6.92 Å². The second-order valence-electron chi connectivity index (χ2n) is 3.49. The molecule has 7 heteroatoms. The molecule has 0 heterocycles. The van der Waals surface area contributed by atoms with Crippen LogP contribution in [0.2, 0.25) is 0 Å². The fourth-order valence-electron chi connectivity index (χ4n) is 0.934. The second-order valence-corrected chi connectivity index (χ2v) is 3.49. The van der Waals surface area contributed by atoms with Gasteiger partial charge in [-0.05, 0) is 6.42 Å². The Morgan fingerprint density at radius 2 is 2.00 bits per heavy atom. The average Bonchev–Trinajstić information content (AvgIpc) is 2.25. The lowest BCUT2D eigenvalue weighted by Crippen LogP contribution is -2.40. The summed E-state index contributed by atoms with van der Waals surface area (Å²) >= 11 is 0. The number of carboxylic acids is 1. The maximum atomic E-state index is 11.3. The topological polar surface area (TPSA) is 95.9 Å². The zero-order valence-electron chi connectivity index (χ0n) is 10.1. The first-order valence-electron chi connectivity index (χ1n) is 5.33. The van der Waals surface area contributed by atoms with E-state index in [4.69, 9.17) is 9.84 Å². The van der Waals surface area contributed by atoms with Gasteiger partial charge < -0.3 is 20.1 Å². The number of nitrogens with zero attached hydrogens (tertiary/aromatic N) is 1. The highest BCUT2D eigenvalue weighted by Gasteiger charge is 2.13. The molecule has 0 spiro atoms. The average molecular weight is 246 g/mol. The number of nitrogens with one attached hydrogen (secondary N) is 1. The maximum absolute atomic E-state index is 11.3. The van der Waals surface area contributed by atoms with Gasteiger partial charge in [0, 0.05) is 7.05 Å². The number of unbranched alkanes of at least 4 members (excludes halogenated alkanes) is 1. The first kappa shape index (κ1) is 15.2. The van der Waals surface area contributed by atoms with Gasteiger partial charge in [-0.25, -0.2) is 4.79 Å². The minimum atomic E-state index is -1.11. The van der Waals surface area contributed by atoms with E-state index in [1.165, 1.54) is 7.05 Å². The van der Waals surface area contributed by atoms with Crippen molar-refractivity contribution in [2.75, 3.05) is 26.7 Å². The molecule has 17 heavy (non-hydrogen) atoms. The Kier molecular flexibility index (Phi) is 7.49. The van der Waals surface area contributed by atoms with Gasteiger partial charge in [-0.15, -0.1) is 0 Å². The molecule has 0 aromatic heterocycles. The molecule has 7 nitrogen and oxygen atoms in total. The third-order valence-electron chi connectivity index (χ3n) is 1.91. The molecule has 0 bridgehead atoms. The first-order valence-corrected chi connectivity index (χ1v) is 5.33. The van der Waals surface area contributed by atoms with Crippen LogP contribution in [0.4, 0.5) is 4.79 Å². The molecule has 0 aliphatic carbocycles. The number of carboxylic acid groups (broad SMARTS) is 1. The van der Waals surface area contributed by atoms with Crippen molar-refractivity contribution >= 4 is 18.0 Å². The summed E-state index contributed by atoms with van der Waals surface area (Å²) in [7, 11) is 1.35. The molecule has 2 N–H and O–H groups in total. The number of hydrogen-bond donors (Lipinski definition) is 2. The number of ether oxygens (including phenoxy) is 1. The number of likely N-dealkylation sites (N-methyl/N-ethyl adjacent to an activating group) is 1. The van der Waals surface area contributed by atoms with Crippen molar-refractivity contribution in [1.29, 1.82) is 0 Å². The highest BCUT2D eigenvalue weighted by atomic mass is 16.5. The standard InChI is InChI=1S/C10H18N2O5/c1-3-4-5-17-10(16)11-6-8(13)12(2)7-9(14)15/h3-7H2,1-2H3,(H,11,16)(H,14,15). The van der Waals surface area contributed by atoms with E-state index in [9.17, 15) is 14.4 Å². The summed E-state index contributed by atoms with van der Waals surface area (Å²) in [4.78, 5) is 33.7. The van der Waals surface area contributed by atoms with Crippen LogP contribution < -0.4 is 5.32 Å². The number of rotatable bonds is 7. The van der Waals surface area contributed by atoms with E-state index in [0.717, 1.165) is 17.7 Å². The fourth-order valence-corrected chi connectivity index (χ4v) is 0.934. The Balaban J connectivity index is 3.75. The van der Waals surface area contributed by atoms with Crippen LogP contribution in [0.5, 0.6) is 0 Å². The van der Waals surface area contributed by atoms with Crippen LogP contribution in [-0.2, 0) is 14.3 Å². The Morgan fingerprint density at radius 1 is 1.35 bits per heavy atom. The third-order valence-corrected chi connectivity index (χ3v) is 1.91. The van der Waals surface area contributed by atoms with Gasteiger partial charge in [-0.3, -0.25) is 9.59 Å². The first-order chi connectivity index (χ1) is 7.97. The van der Waals surface area contributed by atoms with E-state index < -0.39 is 24.5 Å². The molecule has 0 unspecified atom stereocenters. The van der Waals surface area contributed by atoms with Crippen molar-refractivity contribution in [3.63, 3.8) is 0 Å². The minimum absolute atomic E-state index is 0.269. The van der Waals surface area contributed by atoms with Gasteiger partial charge in [0.15, 0.2) is 0 Å². The quantitative estimate of drug-likeness (QED) is 0.619. The molecular weight excluding hydrogens is 228 g/mol. The molecule has 0 rings (SSSR count). The van der Waals surface area contributed by atoms with E-state index in [-0.39, 0.29) is 6.54 Å². The van der Waals surface area contributed by atoms with Crippen LogP contribution in [0.1, 0.15) is 19.8 Å². The summed E-state index contributed by atoms with van der Waals surface area (Å²) in [6.45, 7) is 1.60. The van der Waals surface area contributed by atoms with Crippen LogP contribution >= 0.6 is 0 Å². The molecule has 0 saturated heterocycles. The lowest BCUT2D eigenvalue weighted by molar-refractivity contribution is -0.143. The molecule has 0 aromatic carbocycles. The summed E-state index contributed by atoms with van der Waals surface area (Å²) in [6, 6.07) is 0. The van der Waals surface area contributed by atoms with Gasteiger partial charge in [0.05, 0.1) is 6.61 Å². The molecule has 2 amide bonds. The van der Waals surface area contributed by atoms with Gasteiger partial charge in [0.1, 0.15) is 13.1 Å². The normalized spacial score (nSPS) is 9.53. The van der Waals surface area contributed by atoms with E-state index in [1.54, 1.807) is 0 Å². The molecule has 0 aromatic rings. The molecule has 0 atom stereocenters. The fraction of sp³-hybridized carbons (Fsp3) is 0.700. The van der Waals surface area contributed by atoms with Crippen molar-refractivity contribution in [3.05, 3.63) is 0 Å². The number of hydrogen-bond acceptors (Lipinski definition) is 4. The third kappa shape index (κ3) is 8.06. The highest BCUT2D eigenvalue weighted by molar-refractivity contribution is 5.84. The summed E-state index contributed by atoms with van der Waals surface area (Å²) in [6.07, 6.45) is 1.00. The second kappa shape index (κ2) is 8.37. The Labute approximate surface area is 99.7 Å². The van der Waals surface area contributed by atoms with Crippen molar-refractivity contribution < 1.29 is 24.2 Å². The minimum Gasteiger partial charge on any atom is -0.480 e. The van der Waals surface area contributed by atoms with Crippen molar-refractivity contribution in [2.45, 2.75) is 19.8 Å². The lowest BCUT2D eigenvalue weighted by atomic mass is 10.4. The molecule has 0 radical (unpaired) electrons. The van der Waals surface area contributed by atoms with Crippen molar-refractivity contribution in [3.8, 4) is 0 Å². The SMILES string of the molecule is CCCCOC(=O)NCC(=O)N(C)CC(=O)O. The molecule has 98 valence electrons. The zero-order valence-corrected chi connectivity index (χ0v) is 10.1. The van der Waals surface area contributed by atoms with Crippen molar-refractivity contribution in [2.24, 2.45) is 0 Å². The van der Waals surface area contributed by atoms with Crippen LogP contribution in [0, 0.1) is 0 Å². The van der Waals surface area contributed by atoms with E-state index >= 15 is 0 Å². The highest BCUT2D eigenvalue weighted by Crippen LogP contribution is 1.89.